The molecule has 0 amide bonds. The highest BCUT2D eigenvalue weighted by Crippen LogP contribution is 2.17. The van der Waals surface area contributed by atoms with Crippen LogP contribution in [0.4, 0.5) is 0 Å². The van der Waals surface area contributed by atoms with E-state index in [1.165, 1.54) is 10.6 Å². The second-order valence-electron chi connectivity index (χ2n) is 5.32. The molecule has 1 heterocycles. The average Bonchev–Trinajstić information content (AvgIpc) is 3.08. The van der Waals surface area contributed by atoms with Gasteiger partial charge in [-0.1, -0.05) is 25.1 Å². The Hall–Kier alpha value is -1.35. The highest BCUT2D eigenvalue weighted by molar-refractivity contribution is 14.0. The van der Waals surface area contributed by atoms with Crippen LogP contribution < -0.4 is 15.4 Å². The number of nitrogens with zero attached hydrogens (tertiary/aromatic N) is 2. The topological polar surface area (TPSA) is 58.5 Å². The number of nitrogens with one attached hydrogen (secondary N) is 2. The van der Waals surface area contributed by atoms with E-state index in [2.05, 4.69) is 39.0 Å². The molecule has 0 atom stereocenters. The predicted molar refractivity (Wildman–Crippen MR) is 117 cm³/mol. The summed E-state index contributed by atoms with van der Waals surface area (Å²) < 4.78 is 5.37. The lowest BCUT2D eigenvalue weighted by molar-refractivity contribution is 0.409. The minimum absolute atomic E-state index is 0. The van der Waals surface area contributed by atoms with Gasteiger partial charge in [0, 0.05) is 31.9 Å². The molecule has 1 aromatic heterocycles. The van der Waals surface area contributed by atoms with E-state index in [0.717, 1.165) is 49.8 Å². The fourth-order valence-corrected chi connectivity index (χ4v) is 3.16. The molecule has 138 valence electrons. The fourth-order valence-electron chi connectivity index (χ4n) is 2.38. The first-order chi connectivity index (χ1) is 11.8. The van der Waals surface area contributed by atoms with Crippen LogP contribution >= 0.6 is 35.3 Å². The van der Waals surface area contributed by atoms with Crippen LogP contribution in [-0.2, 0) is 19.3 Å². The van der Waals surface area contributed by atoms with Gasteiger partial charge in [-0.05, 0) is 24.5 Å². The molecule has 25 heavy (non-hydrogen) atoms. The van der Waals surface area contributed by atoms with Crippen molar-refractivity contribution in [2.45, 2.75) is 26.2 Å². The third kappa shape index (κ3) is 7.19. The molecule has 2 aromatic rings. The third-order valence-electron chi connectivity index (χ3n) is 3.68. The SMILES string of the molecule is CCc1nc(CCNC(=NC)NCCc2ccccc2OC)cs1.I. The summed E-state index contributed by atoms with van der Waals surface area (Å²) in [6, 6.07) is 8.09. The summed E-state index contributed by atoms with van der Waals surface area (Å²) in [7, 11) is 3.49. The Bertz CT molecular complexity index is 660. The largest absolute Gasteiger partial charge is 0.496 e. The van der Waals surface area contributed by atoms with E-state index in [4.69, 9.17) is 4.74 Å². The third-order valence-corrected chi connectivity index (χ3v) is 4.72. The van der Waals surface area contributed by atoms with E-state index >= 15 is 0 Å². The van der Waals surface area contributed by atoms with Gasteiger partial charge in [0.2, 0.25) is 0 Å². The van der Waals surface area contributed by atoms with Crippen molar-refractivity contribution in [1.82, 2.24) is 15.6 Å². The number of aryl methyl sites for hydroxylation is 1. The molecule has 1 aromatic carbocycles. The van der Waals surface area contributed by atoms with Crippen LogP contribution in [0.5, 0.6) is 5.75 Å². The number of ether oxygens (including phenoxy) is 1. The summed E-state index contributed by atoms with van der Waals surface area (Å²) in [5, 5.41) is 10.0. The Kier molecular flexibility index (Phi) is 10.5. The summed E-state index contributed by atoms with van der Waals surface area (Å²) >= 11 is 1.73. The Morgan fingerprint density at radius 2 is 1.92 bits per heavy atom. The lowest BCUT2D eigenvalue weighted by Gasteiger charge is -2.12. The molecule has 0 bridgehead atoms. The molecule has 0 saturated heterocycles. The van der Waals surface area contributed by atoms with Gasteiger partial charge in [-0.25, -0.2) is 4.98 Å². The smallest absolute Gasteiger partial charge is 0.190 e. The normalized spacial score (nSPS) is 10.9. The lowest BCUT2D eigenvalue weighted by Crippen LogP contribution is -2.39. The van der Waals surface area contributed by atoms with Crippen molar-refractivity contribution in [2.75, 3.05) is 27.2 Å². The summed E-state index contributed by atoms with van der Waals surface area (Å²) in [4.78, 5) is 8.84. The molecule has 0 radical (unpaired) electrons. The minimum atomic E-state index is 0. The van der Waals surface area contributed by atoms with Crippen LogP contribution in [0, 0.1) is 0 Å². The van der Waals surface area contributed by atoms with Crippen LogP contribution in [0.2, 0.25) is 0 Å². The molecule has 7 heteroatoms. The monoisotopic (exact) mass is 474 g/mol. The molecular weight excluding hydrogens is 447 g/mol. The molecule has 0 saturated carbocycles. The number of aromatic nitrogens is 1. The maximum atomic E-state index is 5.37. The van der Waals surface area contributed by atoms with E-state index in [1.807, 2.05) is 18.2 Å². The van der Waals surface area contributed by atoms with Crippen LogP contribution in [0.1, 0.15) is 23.2 Å². The number of hydrogen-bond donors (Lipinski definition) is 2. The van der Waals surface area contributed by atoms with Crippen molar-refractivity contribution >= 4 is 41.3 Å². The Morgan fingerprint density at radius 1 is 1.20 bits per heavy atom. The van der Waals surface area contributed by atoms with Crippen molar-refractivity contribution in [2.24, 2.45) is 4.99 Å². The van der Waals surface area contributed by atoms with Gasteiger partial charge in [-0.15, -0.1) is 35.3 Å². The van der Waals surface area contributed by atoms with Gasteiger partial charge in [-0.2, -0.15) is 0 Å². The number of rotatable bonds is 8. The van der Waals surface area contributed by atoms with E-state index in [0.29, 0.717) is 0 Å². The molecular formula is C18H27IN4OS. The Balaban J connectivity index is 0.00000312. The maximum Gasteiger partial charge on any atom is 0.190 e. The average molecular weight is 474 g/mol. The first kappa shape index (κ1) is 21.7. The first-order valence-corrected chi connectivity index (χ1v) is 9.14. The first-order valence-electron chi connectivity index (χ1n) is 8.26. The molecule has 0 unspecified atom stereocenters. The number of guanidine groups is 1. The molecule has 5 nitrogen and oxygen atoms in total. The second kappa shape index (κ2) is 12.1. The number of para-hydroxylation sites is 1. The van der Waals surface area contributed by atoms with Gasteiger partial charge < -0.3 is 15.4 Å². The standard InChI is InChI=1S/C18H26N4OS.HI/c1-4-17-22-15(13-24-17)10-12-21-18(19-2)20-11-9-14-7-5-6-8-16(14)23-3;/h5-8,13H,4,9-12H2,1-3H3,(H2,19,20,21);1H. The van der Waals surface area contributed by atoms with Crippen molar-refractivity contribution in [1.29, 1.82) is 0 Å². The van der Waals surface area contributed by atoms with Crippen LogP contribution in [0.3, 0.4) is 0 Å². The number of methoxy groups -OCH3 is 1. The van der Waals surface area contributed by atoms with E-state index in [-0.39, 0.29) is 24.0 Å². The fraction of sp³-hybridized carbons (Fsp3) is 0.444. The zero-order valence-electron chi connectivity index (χ0n) is 15.0. The number of hydrogen-bond acceptors (Lipinski definition) is 4. The summed E-state index contributed by atoms with van der Waals surface area (Å²) in [6.45, 7) is 3.76. The van der Waals surface area contributed by atoms with Crippen molar-refractivity contribution in [3.8, 4) is 5.75 Å². The predicted octanol–water partition coefficient (Wildman–Crippen LogP) is 3.28. The summed E-state index contributed by atoms with van der Waals surface area (Å²) in [5.41, 5.74) is 2.34. The van der Waals surface area contributed by atoms with E-state index in [1.54, 1.807) is 25.5 Å². The van der Waals surface area contributed by atoms with E-state index in [9.17, 15) is 0 Å². The second-order valence-corrected chi connectivity index (χ2v) is 6.27. The van der Waals surface area contributed by atoms with Gasteiger partial charge in [0.15, 0.2) is 5.96 Å². The maximum absolute atomic E-state index is 5.37. The van der Waals surface area contributed by atoms with Gasteiger partial charge in [0.25, 0.3) is 0 Å². The Labute approximate surface area is 171 Å². The van der Waals surface area contributed by atoms with Crippen LogP contribution in [0.25, 0.3) is 0 Å². The van der Waals surface area contributed by atoms with Gasteiger partial charge in [0.1, 0.15) is 5.75 Å². The molecule has 0 spiro atoms. The molecule has 0 aliphatic carbocycles. The van der Waals surface area contributed by atoms with Crippen molar-refractivity contribution < 1.29 is 4.74 Å². The van der Waals surface area contributed by atoms with Crippen LogP contribution in [-0.4, -0.2) is 38.2 Å². The van der Waals surface area contributed by atoms with Crippen LogP contribution in [0.15, 0.2) is 34.6 Å². The summed E-state index contributed by atoms with van der Waals surface area (Å²) in [6.07, 6.45) is 2.80. The number of halogens is 1. The highest BCUT2D eigenvalue weighted by atomic mass is 127. The van der Waals surface area contributed by atoms with Crippen molar-refractivity contribution in [3.63, 3.8) is 0 Å². The quantitative estimate of drug-likeness (QED) is 0.350. The number of aliphatic imine (C=N–C) groups is 1. The lowest BCUT2D eigenvalue weighted by atomic mass is 10.1. The zero-order valence-corrected chi connectivity index (χ0v) is 18.2. The Morgan fingerprint density at radius 3 is 2.56 bits per heavy atom. The van der Waals surface area contributed by atoms with Gasteiger partial charge in [-0.3, -0.25) is 4.99 Å². The number of thiazole rings is 1. The molecule has 2 rings (SSSR count). The highest BCUT2D eigenvalue weighted by Gasteiger charge is 2.04. The summed E-state index contributed by atoms with van der Waals surface area (Å²) in [5.74, 6) is 1.74. The minimum Gasteiger partial charge on any atom is -0.496 e. The van der Waals surface area contributed by atoms with Gasteiger partial charge in [0.05, 0.1) is 17.8 Å². The molecule has 0 fully saturated rings. The molecule has 2 N–H and O–H groups in total. The zero-order chi connectivity index (χ0) is 17.2. The van der Waals surface area contributed by atoms with Gasteiger partial charge >= 0.3 is 0 Å². The van der Waals surface area contributed by atoms with Crippen molar-refractivity contribution in [3.05, 3.63) is 45.9 Å². The number of benzene rings is 1. The molecule has 0 aliphatic rings. The van der Waals surface area contributed by atoms with E-state index < -0.39 is 0 Å². The molecule has 0 aliphatic heterocycles.